The molecular weight excluding hydrogens is 156 g/mol. The number of carbonyl (C=O) groups is 1. The van der Waals surface area contributed by atoms with Gasteiger partial charge < -0.3 is 9.84 Å². The smallest absolute Gasteiger partial charge is 0.328 e. The van der Waals surface area contributed by atoms with E-state index in [0.717, 1.165) is 12.2 Å². The number of hydrogen-bond donors (Lipinski definition) is 1. The van der Waals surface area contributed by atoms with Crippen molar-refractivity contribution in [3.05, 3.63) is 23.8 Å². The van der Waals surface area contributed by atoms with Gasteiger partial charge in [-0.25, -0.2) is 4.79 Å². The fraction of sp³-hybridized carbons (Fsp3) is 0.444. The number of hydrogen-bond acceptors (Lipinski definition) is 2. The lowest BCUT2D eigenvalue weighted by atomic mass is 10.1. The van der Waals surface area contributed by atoms with E-state index in [4.69, 9.17) is 9.84 Å². The van der Waals surface area contributed by atoms with Crippen molar-refractivity contribution in [3.8, 4) is 0 Å². The molecule has 1 fully saturated rings. The molecule has 0 amide bonds. The zero-order chi connectivity index (χ0) is 8.97. The molecule has 1 N–H and O–H groups in total. The number of carboxylic acid groups (broad SMARTS) is 1. The Hall–Kier alpha value is -1.09. The lowest BCUT2D eigenvalue weighted by Gasteiger charge is -1.95. The molecule has 0 aromatic rings. The molecule has 0 aromatic heterocycles. The van der Waals surface area contributed by atoms with Crippen LogP contribution in [0, 0.1) is 0 Å². The van der Waals surface area contributed by atoms with Crippen molar-refractivity contribution in [2.75, 3.05) is 6.61 Å². The molecule has 3 nitrogen and oxygen atoms in total. The minimum Gasteiger partial charge on any atom is -0.478 e. The second-order valence-electron chi connectivity index (χ2n) is 2.72. The Balaban J connectivity index is 2.52. The second-order valence-corrected chi connectivity index (χ2v) is 2.72. The van der Waals surface area contributed by atoms with E-state index in [1.807, 2.05) is 13.0 Å². The first-order valence-corrected chi connectivity index (χ1v) is 3.90. The van der Waals surface area contributed by atoms with E-state index >= 15 is 0 Å². The number of ether oxygens (including phenoxy) is 1. The van der Waals surface area contributed by atoms with E-state index in [1.165, 1.54) is 6.08 Å². The van der Waals surface area contributed by atoms with Crippen molar-refractivity contribution in [1.29, 1.82) is 0 Å². The maximum absolute atomic E-state index is 10.3. The van der Waals surface area contributed by atoms with E-state index in [-0.39, 0.29) is 6.10 Å². The zero-order valence-electron chi connectivity index (χ0n) is 6.99. The van der Waals surface area contributed by atoms with Crippen molar-refractivity contribution in [2.45, 2.75) is 19.4 Å². The molecule has 1 atom stereocenters. The summed E-state index contributed by atoms with van der Waals surface area (Å²) in [6, 6.07) is 0. The SMILES string of the molecule is CC=CC(=CC(=O)O)CC1CO1. The van der Waals surface area contributed by atoms with Gasteiger partial charge in [0.2, 0.25) is 0 Å². The summed E-state index contributed by atoms with van der Waals surface area (Å²) < 4.78 is 5.00. The van der Waals surface area contributed by atoms with Gasteiger partial charge in [-0.3, -0.25) is 0 Å². The van der Waals surface area contributed by atoms with E-state index in [9.17, 15) is 4.79 Å². The quantitative estimate of drug-likeness (QED) is 0.391. The minimum absolute atomic E-state index is 0.242. The normalized spacial score (nSPS) is 23.1. The summed E-state index contributed by atoms with van der Waals surface area (Å²) in [4.78, 5) is 10.3. The van der Waals surface area contributed by atoms with Gasteiger partial charge in [0.05, 0.1) is 12.7 Å². The highest BCUT2D eigenvalue weighted by Gasteiger charge is 2.22. The average Bonchev–Trinajstić information content (AvgIpc) is 2.70. The average molecular weight is 168 g/mol. The molecule has 0 saturated carbocycles. The Morgan fingerprint density at radius 1 is 1.75 bits per heavy atom. The summed E-state index contributed by atoms with van der Waals surface area (Å²) in [5.41, 5.74) is 0.813. The van der Waals surface area contributed by atoms with Crippen molar-refractivity contribution in [2.24, 2.45) is 0 Å². The highest BCUT2D eigenvalue weighted by atomic mass is 16.6. The van der Waals surface area contributed by atoms with Crippen LogP contribution in [0.5, 0.6) is 0 Å². The summed E-state index contributed by atoms with van der Waals surface area (Å²) >= 11 is 0. The third-order valence-corrected chi connectivity index (χ3v) is 1.56. The van der Waals surface area contributed by atoms with E-state index < -0.39 is 5.97 Å². The van der Waals surface area contributed by atoms with Crippen LogP contribution in [0.2, 0.25) is 0 Å². The first-order valence-electron chi connectivity index (χ1n) is 3.90. The zero-order valence-corrected chi connectivity index (χ0v) is 6.99. The Morgan fingerprint density at radius 3 is 2.83 bits per heavy atom. The Kier molecular flexibility index (Phi) is 3.05. The molecule has 1 rings (SSSR count). The highest BCUT2D eigenvalue weighted by Crippen LogP contribution is 2.19. The molecule has 0 radical (unpaired) electrons. The maximum Gasteiger partial charge on any atom is 0.328 e. The molecule has 66 valence electrons. The third-order valence-electron chi connectivity index (χ3n) is 1.56. The van der Waals surface area contributed by atoms with Gasteiger partial charge in [0.15, 0.2) is 0 Å². The van der Waals surface area contributed by atoms with Crippen LogP contribution in [0.4, 0.5) is 0 Å². The molecule has 0 spiro atoms. The van der Waals surface area contributed by atoms with Crippen LogP contribution in [0.3, 0.4) is 0 Å². The van der Waals surface area contributed by atoms with Crippen molar-refractivity contribution in [3.63, 3.8) is 0 Å². The monoisotopic (exact) mass is 168 g/mol. The predicted molar refractivity (Wildman–Crippen MR) is 44.9 cm³/mol. The van der Waals surface area contributed by atoms with Crippen molar-refractivity contribution < 1.29 is 14.6 Å². The Bertz CT molecular complexity index is 224. The van der Waals surface area contributed by atoms with Gasteiger partial charge >= 0.3 is 5.97 Å². The molecule has 1 unspecified atom stereocenters. The number of allylic oxidation sites excluding steroid dienone is 2. The molecule has 3 heteroatoms. The van der Waals surface area contributed by atoms with Crippen LogP contribution in [-0.2, 0) is 9.53 Å². The molecule has 0 bridgehead atoms. The van der Waals surface area contributed by atoms with Crippen LogP contribution in [0.1, 0.15) is 13.3 Å². The number of aliphatic carboxylic acids is 1. The molecule has 1 saturated heterocycles. The van der Waals surface area contributed by atoms with Gasteiger partial charge in [-0.1, -0.05) is 12.2 Å². The molecule has 12 heavy (non-hydrogen) atoms. The molecule has 1 heterocycles. The Morgan fingerprint density at radius 2 is 2.42 bits per heavy atom. The standard InChI is InChI=1S/C9H12O3/c1-2-3-7(5-9(10)11)4-8-6-12-8/h2-3,5,8H,4,6H2,1H3,(H,10,11). The van der Waals surface area contributed by atoms with E-state index in [1.54, 1.807) is 6.08 Å². The molecule has 1 aliphatic rings. The number of rotatable bonds is 4. The number of epoxide rings is 1. The molecular formula is C9H12O3. The van der Waals surface area contributed by atoms with Gasteiger partial charge in [-0.05, 0) is 12.5 Å². The topological polar surface area (TPSA) is 49.8 Å². The summed E-state index contributed by atoms with van der Waals surface area (Å²) in [7, 11) is 0. The maximum atomic E-state index is 10.3. The summed E-state index contributed by atoms with van der Waals surface area (Å²) in [5.74, 6) is -0.899. The highest BCUT2D eigenvalue weighted by molar-refractivity contribution is 5.81. The van der Waals surface area contributed by atoms with E-state index in [0.29, 0.717) is 6.42 Å². The van der Waals surface area contributed by atoms with Crippen molar-refractivity contribution >= 4 is 5.97 Å². The summed E-state index contributed by atoms with van der Waals surface area (Å²) in [6.07, 6.45) is 5.80. The fourth-order valence-corrected chi connectivity index (χ4v) is 0.997. The molecule has 1 aliphatic heterocycles. The fourth-order valence-electron chi connectivity index (χ4n) is 0.997. The van der Waals surface area contributed by atoms with Crippen LogP contribution in [0.25, 0.3) is 0 Å². The lowest BCUT2D eigenvalue weighted by Crippen LogP contribution is -1.94. The molecule has 0 aliphatic carbocycles. The van der Waals surface area contributed by atoms with Crippen LogP contribution >= 0.6 is 0 Å². The molecule has 0 aromatic carbocycles. The van der Waals surface area contributed by atoms with Crippen LogP contribution in [-0.4, -0.2) is 23.8 Å². The first-order chi connectivity index (χ1) is 5.72. The summed E-state index contributed by atoms with van der Waals surface area (Å²) in [6.45, 7) is 2.62. The van der Waals surface area contributed by atoms with Gasteiger partial charge in [-0.15, -0.1) is 0 Å². The van der Waals surface area contributed by atoms with Gasteiger partial charge in [-0.2, -0.15) is 0 Å². The van der Waals surface area contributed by atoms with E-state index in [2.05, 4.69) is 0 Å². The minimum atomic E-state index is -0.899. The summed E-state index contributed by atoms with van der Waals surface area (Å²) in [5, 5.41) is 8.49. The van der Waals surface area contributed by atoms with Gasteiger partial charge in [0.25, 0.3) is 0 Å². The number of carboxylic acids is 1. The van der Waals surface area contributed by atoms with Crippen molar-refractivity contribution in [1.82, 2.24) is 0 Å². The van der Waals surface area contributed by atoms with Gasteiger partial charge in [0, 0.05) is 12.5 Å². The Labute approximate surface area is 71.3 Å². The van der Waals surface area contributed by atoms with Gasteiger partial charge in [0.1, 0.15) is 0 Å². The lowest BCUT2D eigenvalue weighted by molar-refractivity contribution is -0.131. The predicted octanol–water partition coefficient (Wildman–Crippen LogP) is 1.36. The first kappa shape index (κ1) is 9.00. The third kappa shape index (κ3) is 3.34. The largest absolute Gasteiger partial charge is 0.478 e. The van der Waals surface area contributed by atoms with Crippen LogP contribution < -0.4 is 0 Å². The second kappa shape index (κ2) is 4.07. The van der Waals surface area contributed by atoms with Crippen LogP contribution in [0.15, 0.2) is 23.8 Å².